The molecule has 1 aromatic carbocycles. The van der Waals surface area contributed by atoms with Crippen LogP contribution >= 0.6 is 0 Å². The molecule has 7 heteroatoms. The Bertz CT molecular complexity index is 677. The van der Waals surface area contributed by atoms with Crippen molar-refractivity contribution in [1.82, 2.24) is 10.3 Å². The minimum Gasteiger partial charge on any atom is -0.477 e. The number of anilines is 1. The van der Waals surface area contributed by atoms with Gasteiger partial charge in [-0.1, -0.05) is 0 Å². The second-order valence-corrected chi connectivity index (χ2v) is 4.88. The van der Waals surface area contributed by atoms with E-state index in [1.165, 1.54) is 13.0 Å². The van der Waals surface area contributed by atoms with Crippen molar-refractivity contribution in [3.05, 3.63) is 23.9 Å². The molecular weight excluding hydrogens is 286 g/mol. The van der Waals surface area contributed by atoms with E-state index in [2.05, 4.69) is 10.3 Å². The summed E-state index contributed by atoms with van der Waals surface area (Å²) in [5, 5.41) is 12.3. The van der Waals surface area contributed by atoms with E-state index in [9.17, 15) is 9.59 Å². The molecule has 0 saturated carbocycles. The summed E-state index contributed by atoms with van der Waals surface area (Å²) in [5.41, 5.74) is 1.47. The Morgan fingerprint density at radius 1 is 1.23 bits per heavy atom. The molecule has 0 aliphatic heterocycles. The fraction of sp³-hybridized carbons (Fsp3) is 0.333. The number of nitrogens with one attached hydrogen (secondary N) is 2. The van der Waals surface area contributed by atoms with Crippen molar-refractivity contribution in [3.63, 3.8) is 0 Å². The zero-order chi connectivity index (χ0) is 16.9. The van der Waals surface area contributed by atoms with Crippen LogP contribution in [0.2, 0.25) is 0 Å². The number of aromatic carboxylic acids is 1. The second-order valence-electron chi connectivity index (χ2n) is 4.88. The van der Waals surface area contributed by atoms with Gasteiger partial charge in [0.05, 0.1) is 5.52 Å². The van der Waals surface area contributed by atoms with Gasteiger partial charge in [-0.05, 0) is 26.2 Å². The molecule has 2 rings (SSSR count). The molecule has 0 unspecified atom stereocenters. The van der Waals surface area contributed by atoms with Gasteiger partial charge in [0.2, 0.25) is 0 Å². The fourth-order valence-corrected chi connectivity index (χ4v) is 1.80. The number of nitrogens with zero attached hydrogens (tertiary/aromatic N) is 1. The number of fused-ring (bicyclic) bond motifs is 1. The maximum absolute atomic E-state index is 11.1. The van der Waals surface area contributed by atoms with Crippen LogP contribution in [0.1, 0.15) is 17.4 Å². The fourth-order valence-electron chi connectivity index (χ4n) is 1.80. The Morgan fingerprint density at radius 2 is 1.82 bits per heavy atom. The van der Waals surface area contributed by atoms with E-state index >= 15 is 0 Å². The second kappa shape index (κ2) is 7.46. The molecule has 0 spiro atoms. The highest BCUT2D eigenvalue weighted by Crippen LogP contribution is 2.32. The van der Waals surface area contributed by atoms with Crippen LogP contribution in [-0.4, -0.2) is 50.2 Å². The van der Waals surface area contributed by atoms with E-state index in [4.69, 9.17) is 9.84 Å². The Morgan fingerprint density at radius 3 is 2.27 bits per heavy atom. The molecule has 0 atom stereocenters. The molecule has 7 nitrogen and oxygen atoms in total. The number of hydrogen-bond donors (Lipinski definition) is 3. The minimum atomic E-state index is -1.06. The van der Waals surface area contributed by atoms with E-state index in [-0.39, 0.29) is 5.69 Å². The number of rotatable bonds is 3. The van der Waals surface area contributed by atoms with Gasteiger partial charge in [0.15, 0.2) is 0 Å². The summed E-state index contributed by atoms with van der Waals surface area (Å²) >= 11 is 0. The maximum Gasteiger partial charge on any atom is 0.352 e. The van der Waals surface area contributed by atoms with Crippen molar-refractivity contribution >= 4 is 28.5 Å². The summed E-state index contributed by atoms with van der Waals surface area (Å²) in [6, 6.07) is 4.95. The third-order valence-electron chi connectivity index (χ3n) is 2.69. The highest BCUT2D eigenvalue weighted by Gasteiger charge is 2.14. The molecule has 0 radical (unpaired) electrons. The monoisotopic (exact) mass is 307 g/mol. The quantitative estimate of drug-likeness (QED) is 0.590. The van der Waals surface area contributed by atoms with E-state index in [0.29, 0.717) is 16.7 Å². The molecule has 0 aliphatic carbocycles. The van der Waals surface area contributed by atoms with E-state index < -0.39 is 11.9 Å². The number of aromatic amines is 1. The number of esters is 1. The molecule has 0 aliphatic rings. The first-order valence-electron chi connectivity index (χ1n) is 6.64. The highest BCUT2D eigenvalue weighted by atomic mass is 16.5. The predicted molar refractivity (Wildman–Crippen MR) is 85.9 cm³/mol. The standard InChI is InChI=1S/C13H14N2O4.C2H7N/c1-7(16)19-12-5-8(15(2)3)4-10-9(12)6-11(14-10)13(17)18;1-3-2/h4-6,14H,1-3H3,(H,17,18);3H,1-2H3. The summed E-state index contributed by atoms with van der Waals surface area (Å²) in [6.07, 6.45) is 0. The minimum absolute atomic E-state index is 0.0549. The summed E-state index contributed by atoms with van der Waals surface area (Å²) in [5.74, 6) is -1.16. The number of carboxylic acids is 1. The van der Waals surface area contributed by atoms with Crippen LogP contribution in [0.4, 0.5) is 5.69 Å². The van der Waals surface area contributed by atoms with E-state index in [1.54, 1.807) is 12.1 Å². The van der Waals surface area contributed by atoms with Gasteiger partial charge in [-0.2, -0.15) is 0 Å². The molecule has 22 heavy (non-hydrogen) atoms. The number of ether oxygens (including phenoxy) is 1. The first kappa shape index (κ1) is 17.5. The van der Waals surface area contributed by atoms with Gasteiger partial charge in [0, 0.05) is 38.2 Å². The van der Waals surface area contributed by atoms with Crippen molar-refractivity contribution in [1.29, 1.82) is 0 Å². The van der Waals surface area contributed by atoms with E-state index in [0.717, 1.165) is 5.69 Å². The lowest BCUT2D eigenvalue weighted by molar-refractivity contribution is -0.131. The summed E-state index contributed by atoms with van der Waals surface area (Å²) in [7, 11) is 7.44. The van der Waals surface area contributed by atoms with E-state index in [1.807, 2.05) is 33.1 Å². The van der Waals surface area contributed by atoms with Crippen molar-refractivity contribution < 1.29 is 19.4 Å². The summed E-state index contributed by atoms with van der Waals surface area (Å²) in [6.45, 7) is 1.30. The van der Waals surface area contributed by atoms with Crippen molar-refractivity contribution in [2.45, 2.75) is 6.92 Å². The Kier molecular flexibility index (Phi) is 5.94. The number of aromatic nitrogens is 1. The molecule has 1 aromatic heterocycles. The van der Waals surface area contributed by atoms with Crippen LogP contribution in [0.5, 0.6) is 5.75 Å². The SMILES string of the molecule is CC(=O)Oc1cc(N(C)C)cc2[nH]c(C(=O)O)cc12.CNC. The Hall–Kier alpha value is -2.54. The first-order valence-corrected chi connectivity index (χ1v) is 6.64. The molecule has 1 heterocycles. The zero-order valence-corrected chi connectivity index (χ0v) is 13.4. The number of carboxylic acid groups (broad SMARTS) is 1. The van der Waals surface area contributed by atoms with Crippen LogP contribution in [0.3, 0.4) is 0 Å². The average molecular weight is 307 g/mol. The number of carbonyl (C=O) groups excluding carboxylic acids is 1. The van der Waals surface area contributed by atoms with Crippen LogP contribution in [0.25, 0.3) is 10.9 Å². The average Bonchev–Trinajstić information content (AvgIpc) is 2.83. The lowest BCUT2D eigenvalue weighted by Gasteiger charge is -2.14. The highest BCUT2D eigenvalue weighted by molar-refractivity contribution is 5.98. The number of H-pyrrole nitrogens is 1. The van der Waals surface area contributed by atoms with Gasteiger partial charge < -0.3 is 25.0 Å². The lowest BCUT2D eigenvalue weighted by atomic mass is 10.2. The molecule has 3 N–H and O–H groups in total. The third kappa shape index (κ3) is 4.23. The van der Waals surface area contributed by atoms with Crippen molar-refractivity contribution in [3.8, 4) is 5.75 Å². The van der Waals surface area contributed by atoms with Crippen LogP contribution in [-0.2, 0) is 4.79 Å². The smallest absolute Gasteiger partial charge is 0.352 e. The number of carbonyl (C=O) groups is 2. The largest absolute Gasteiger partial charge is 0.477 e. The van der Waals surface area contributed by atoms with Crippen molar-refractivity contribution in [2.24, 2.45) is 0 Å². The first-order chi connectivity index (χ1) is 10.3. The van der Waals surface area contributed by atoms with Gasteiger partial charge in [-0.15, -0.1) is 0 Å². The molecule has 0 amide bonds. The predicted octanol–water partition coefficient (Wildman–Crippen LogP) is 1.69. The third-order valence-corrected chi connectivity index (χ3v) is 2.69. The van der Waals surface area contributed by atoms with Gasteiger partial charge in [0.1, 0.15) is 11.4 Å². The molecule has 120 valence electrons. The van der Waals surface area contributed by atoms with Gasteiger partial charge in [-0.25, -0.2) is 4.79 Å². The van der Waals surface area contributed by atoms with Gasteiger partial charge in [-0.3, -0.25) is 4.79 Å². The van der Waals surface area contributed by atoms with Gasteiger partial charge in [0.25, 0.3) is 0 Å². The maximum atomic E-state index is 11.1. The zero-order valence-electron chi connectivity index (χ0n) is 13.4. The molecule has 0 fully saturated rings. The van der Waals surface area contributed by atoms with Crippen LogP contribution in [0, 0.1) is 0 Å². The molecule has 0 saturated heterocycles. The van der Waals surface area contributed by atoms with Crippen LogP contribution in [0.15, 0.2) is 18.2 Å². The Labute approximate surface area is 128 Å². The van der Waals surface area contributed by atoms with Crippen LogP contribution < -0.4 is 15.0 Å². The number of benzene rings is 1. The topological polar surface area (TPSA) is 94.7 Å². The lowest BCUT2D eigenvalue weighted by Crippen LogP contribution is -2.09. The molecule has 0 bridgehead atoms. The number of hydrogen-bond acceptors (Lipinski definition) is 5. The Balaban J connectivity index is 0.000000745. The molecule has 2 aromatic rings. The summed E-state index contributed by atoms with van der Waals surface area (Å²) in [4.78, 5) is 26.7. The normalized spacial score (nSPS) is 9.86. The summed E-state index contributed by atoms with van der Waals surface area (Å²) < 4.78 is 5.13. The van der Waals surface area contributed by atoms with Gasteiger partial charge >= 0.3 is 11.9 Å². The van der Waals surface area contributed by atoms with Crippen molar-refractivity contribution in [2.75, 3.05) is 33.1 Å². The molecular formula is C15H21N3O4.